The van der Waals surface area contributed by atoms with Crippen LogP contribution < -0.4 is 10.4 Å². The molecule has 1 aromatic heterocycles. The lowest BCUT2D eigenvalue weighted by Crippen LogP contribution is -2.25. The molecule has 6 nitrogen and oxygen atoms in total. The molecule has 1 N–H and O–H groups in total. The molecule has 1 fully saturated rings. The average molecular weight is 481 g/mol. The Morgan fingerprint density at radius 3 is 2.56 bits per heavy atom. The van der Waals surface area contributed by atoms with Crippen LogP contribution in [-0.2, 0) is 6.42 Å². The van der Waals surface area contributed by atoms with Gasteiger partial charge in [-0.2, -0.15) is 0 Å². The van der Waals surface area contributed by atoms with Gasteiger partial charge >= 0.3 is 5.63 Å². The standard InChI is InChI=1S/C30H28N2O4/c1-20-7-3-4-8-23(20)29-25(24-18-26(31-2)27(33)19-28(24)36-30(29)34)17-21-9-11-22(12-10-21)35-16-15-32-13-5-6-14-32/h3-4,7-12,18-19,33H,5-6,13-17H2,1H3. The first kappa shape index (κ1) is 23.7. The number of rotatable bonds is 7. The van der Waals surface area contributed by atoms with Crippen molar-refractivity contribution in [3.8, 4) is 22.6 Å². The molecule has 5 rings (SSSR count). The van der Waals surface area contributed by atoms with Gasteiger partial charge in [0, 0.05) is 18.0 Å². The third kappa shape index (κ3) is 4.84. The van der Waals surface area contributed by atoms with Crippen molar-refractivity contribution in [1.82, 2.24) is 4.90 Å². The summed E-state index contributed by atoms with van der Waals surface area (Å²) in [4.78, 5) is 19.1. The molecule has 0 atom stereocenters. The fourth-order valence-corrected chi connectivity index (χ4v) is 4.89. The van der Waals surface area contributed by atoms with E-state index in [1.54, 1.807) is 6.07 Å². The maximum atomic E-state index is 13.2. The molecule has 0 bridgehead atoms. The minimum atomic E-state index is -0.469. The number of nitrogens with zero attached hydrogens (tertiary/aromatic N) is 2. The second kappa shape index (κ2) is 10.3. The first-order chi connectivity index (χ1) is 17.5. The van der Waals surface area contributed by atoms with Crippen LogP contribution in [0.3, 0.4) is 0 Å². The average Bonchev–Trinajstić information content (AvgIpc) is 3.39. The Morgan fingerprint density at radius 1 is 1.08 bits per heavy atom. The molecule has 0 spiro atoms. The number of aromatic hydroxyl groups is 1. The van der Waals surface area contributed by atoms with Crippen molar-refractivity contribution >= 4 is 16.7 Å². The molecular formula is C30H28N2O4. The lowest BCUT2D eigenvalue weighted by atomic mass is 9.91. The van der Waals surface area contributed by atoms with E-state index in [1.165, 1.54) is 18.9 Å². The van der Waals surface area contributed by atoms with Gasteiger partial charge in [0.25, 0.3) is 0 Å². The van der Waals surface area contributed by atoms with Gasteiger partial charge in [-0.05, 0) is 79.7 Å². The van der Waals surface area contributed by atoms with Crippen LogP contribution in [0.1, 0.15) is 29.5 Å². The summed E-state index contributed by atoms with van der Waals surface area (Å²) in [5.41, 5.74) is 3.91. The van der Waals surface area contributed by atoms with E-state index in [2.05, 4.69) is 9.74 Å². The molecule has 182 valence electrons. The fourth-order valence-electron chi connectivity index (χ4n) is 4.89. The largest absolute Gasteiger partial charge is 0.519 e. The number of phenols is 1. The second-order valence-electron chi connectivity index (χ2n) is 9.22. The summed E-state index contributed by atoms with van der Waals surface area (Å²) in [7, 11) is 0. The number of likely N-dealkylation sites (tertiary alicyclic amines) is 1. The van der Waals surface area contributed by atoms with Crippen LogP contribution in [0, 0.1) is 13.5 Å². The Morgan fingerprint density at radius 2 is 1.83 bits per heavy atom. The van der Waals surface area contributed by atoms with Crippen molar-refractivity contribution in [1.29, 1.82) is 0 Å². The van der Waals surface area contributed by atoms with Crippen LogP contribution in [0.5, 0.6) is 11.5 Å². The number of ether oxygens (including phenoxy) is 1. The first-order valence-electron chi connectivity index (χ1n) is 12.2. The summed E-state index contributed by atoms with van der Waals surface area (Å²) in [6.45, 7) is 13.3. The van der Waals surface area contributed by atoms with E-state index >= 15 is 0 Å². The molecule has 36 heavy (non-hydrogen) atoms. The number of hydrogen-bond acceptors (Lipinski definition) is 5. The smallest absolute Gasteiger partial charge is 0.344 e. The van der Waals surface area contributed by atoms with Crippen LogP contribution in [-0.4, -0.2) is 36.2 Å². The Kier molecular flexibility index (Phi) is 6.75. The number of benzene rings is 3. The van der Waals surface area contributed by atoms with Gasteiger partial charge < -0.3 is 14.3 Å². The minimum absolute atomic E-state index is 0.120. The number of phenolic OH excluding ortho intramolecular Hbond substituents is 1. The lowest BCUT2D eigenvalue weighted by molar-refractivity contribution is 0.238. The zero-order valence-corrected chi connectivity index (χ0v) is 20.3. The van der Waals surface area contributed by atoms with E-state index < -0.39 is 5.63 Å². The molecule has 0 amide bonds. The normalized spacial score (nSPS) is 13.7. The Bertz CT molecular complexity index is 1490. The number of hydrogen-bond donors (Lipinski definition) is 1. The molecule has 1 aliphatic rings. The maximum Gasteiger partial charge on any atom is 0.344 e. The van der Waals surface area contributed by atoms with Gasteiger partial charge in [0.05, 0.1) is 12.1 Å². The second-order valence-corrected chi connectivity index (χ2v) is 9.22. The van der Waals surface area contributed by atoms with E-state index in [0.29, 0.717) is 24.0 Å². The molecule has 1 aliphatic heterocycles. The summed E-state index contributed by atoms with van der Waals surface area (Å²) in [5.74, 6) is 0.611. The third-order valence-corrected chi connectivity index (χ3v) is 6.82. The Labute approximate surface area is 210 Å². The first-order valence-corrected chi connectivity index (χ1v) is 12.2. The van der Waals surface area contributed by atoms with Gasteiger partial charge in [0.15, 0.2) is 0 Å². The molecule has 3 aromatic carbocycles. The number of aryl methyl sites for hydroxylation is 1. The van der Waals surface area contributed by atoms with Gasteiger partial charge in [0.2, 0.25) is 5.69 Å². The van der Waals surface area contributed by atoms with E-state index in [9.17, 15) is 9.90 Å². The third-order valence-electron chi connectivity index (χ3n) is 6.82. The summed E-state index contributed by atoms with van der Waals surface area (Å²) in [5, 5.41) is 10.8. The highest BCUT2D eigenvalue weighted by Gasteiger charge is 2.20. The Hall–Kier alpha value is -4.08. The summed E-state index contributed by atoms with van der Waals surface area (Å²) < 4.78 is 11.6. The van der Waals surface area contributed by atoms with Gasteiger partial charge in [0.1, 0.15) is 23.7 Å². The fraction of sp³-hybridized carbons (Fsp3) is 0.267. The SMILES string of the molecule is [C-]#[N+]c1cc2c(Cc3ccc(OCCN4CCCC4)cc3)c(-c3ccccc3C)c(=O)oc2cc1O. The highest BCUT2D eigenvalue weighted by Crippen LogP contribution is 2.37. The van der Waals surface area contributed by atoms with Crippen LogP contribution in [0.2, 0.25) is 0 Å². The van der Waals surface area contributed by atoms with Crippen molar-refractivity contribution in [2.24, 2.45) is 0 Å². The van der Waals surface area contributed by atoms with Crippen molar-refractivity contribution in [3.05, 3.63) is 99.2 Å². The zero-order valence-electron chi connectivity index (χ0n) is 20.3. The molecule has 2 heterocycles. The summed E-state index contributed by atoms with van der Waals surface area (Å²) in [6.07, 6.45) is 2.99. The monoisotopic (exact) mass is 480 g/mol. The maximum absolute atomic E-state index is 13.2. The molecule has 0 unspecified atom stereocenters. The van der Waals surface area contributed by atoms with Crippen molar-refractivity contribution in [2.45, 2.75) is 26.2 Å². The van der Waals surface area contributed by atoms with Crippen LogP contribution in [0.4, 0.5) is 5.69 Å². The topological polar surface area (TPSA) is 67.3 Å². The zero-order chi connectivity index (χ0) is 25.1. The predicted molar refractivity (Wildman–Crippen MR) is 141 cm³/mol. The van der Waals surface area contributed by atoms with Crippen molar-refractivity contribution in [3.63, 3.8) is 0 Å². The highest BCUT2D eigenvalue weighted by molar-refractivity contribution is 5.92. The van der Waals surface area contributed by atoms with E-state index in [-0.39, 0.29) is 17.0 Å². The highest BCUT2D eigenvalue weighted by atomic mass is 16.5. The van der Waals surface area contributed by atoms with Crippen LogP contribution in [0.15, 0.2) is 69.9 Å². The van der Waals surface area contributed by atoms with Crippen LogP contribution in [0.25, 0.3) is 26.9 Å². The minimum Gasteiger partial charge on any atom is -0.519 e. The quantitative estimate of drug-likeness (QED) is 0.256. The molecule has 0 aliphatic carbocycles. The summed E-state index contributed by atoms with van der Waals surface area (Å²) >= 11 is 0. The van der Waals surface area contributed by atoms with E-state index in [4.69, 9.17) is 15.7 Å². The van der Waals surface area contributed by atoms with Crippen molar-refractivity contribution in [2.75, 3.05) is 26.2 Å². The molecule has 4 aromatic rings. The van der Waals surface area contributed by atoms with Gasteiger partial charge in [-0.25, -0.2) is 9.64 Å². The van der Waals surface area contributed by atoms with Crippen LogP contribution >= 0.6 is 0 Å². The predicted octanol–water partition coefficient (Wildman–Crippen LogP) is 6.09. The lowest BCUT2D eigenvalue weighted by Gasteiger charge is -2.16. The van der Waals surface area contributed by atoms with Gasteiger partial charge in [-0.15, -0.1) is 0 Å². The van der Waals surface area contributed by atoms with Gasteiger partial charge in [-0.1, -0.05) is 36.4 Å². The summed E-state index contributed by atoms with van der Waals surface area (Å²) in [6, 6.07) is 18.6. The van der Waals surface area contributed by atoms with Crippen molar-refractivity contribution < 1.29 is 14.3 Å². The molecule has 1 saturated heterocycles. The number of fused-ring (bicyclic) bond motifs is 1. The van der Waals surface area contributed by atoms with E-state index in [0.717, 1.165) is 47.6 Å². The molecule has 0 saturated carbocycles. The molecule has 0 radical (unpaired) electrons. The van der Waals surface area contributed by atoms with E-state index in [1.807, 2.05) is 55.5 Å². The Balaban J connectivity index is 1.51. The van der Waals surface area contributed by atoms with Gasteiger partial charge in [-0.3, -0.25) is 4.90 Å². The molecular weight excluding hydrogens is 452 g/mol. The molecule has 6 heteroatoms.